The van der Waals surface area contributed by atoms with E-state index < -0.39 is 5.97 Å². The molecule has 2 aromatic rings. The van der Waals surface area contributed by atoms with Crippen molar-refractivity contribution in [2.45, 2.75) is 25.8 Å². The standard InChI is InChI=1S/C20H23NO2/c1-15-6-5-9-18(14-15)19(16-7-3-2-4-8-16)21-12-10-17(11-13-21)20(22)23/h2-9,14,17,19H,10-13H2,1H3,(H,22,23). The highest BCUT2D eigenvalue weighted by Crippen LogP contribution is 2.32. The number of rotatable bonds is 4. The lowest BCUT2D eigenvalue weighted by Crippen LogP contribution is -2.39. The molecule has 3 heteroatoms. The van der Waals surface area contributed by atoms with Crippen LogP contribution in [-0.4, -0.2) is 29.1 Å². The zero-order chi connectivity index (χ0) is 16.2. The van der Waals surface area contributed by atoms with E-state index in [9.17, 15) is 9.90 Å². The smallest absolute Gasteiger partial charge is 0.306 e. The molecule has 1 N–H and O–H groups in total. The molecule has 1 aliphatic heterocycles. The van der Waals surface area contributed by atoms with Gasteiger partial charge in [-0.05, 0) is 44.0 Å². The van der Waals surface area contributed by atoms with Crippen molar-refractivity contribution in [3.05, 3.63) is 71.3 Å². The summed E-state index contributed by atoms with van der Waals surface area (Å²) >= 11 is 0. The van der Waals surface area contributed by atoms with Gasteiger partial charge in [-0.2, -0.15) is 0 Å². The van der Waals surface area contributed by atoms with Crippen LogP contribution in [0.5, 0.6) is 0 Å². The fourth-order valence-corrected chi connectivity index (χ4v) is 3.49. The predicted molar refractivity (Wildman–Crippen MR) is 91.4 cm³/mol. The number of carboxylic acids is 1. The van der Waals surface area contributed by atoms with Gasteiger partial charge in [0.05, 0.1) is 12.0 Å². The molecule has 1 atom stereocenters. The van der Waals surface area contributed by atoms with Crippen molar-refractivity contribution in [1.29, 1.82) is 0 Å². The molecule has 1 unspecified atom stereocenters. The SMILES string of the molecule is Cc1cccc(C(c2ccccc2)N2CCC(C(=O)O)CC2)c1. The van der Waals surface area contributed by atoms with Crippen molar-refractivity contribution in [3.8, 4) is 0 Å². The number of carboxylic acid groups (broad SMARTS) is 1. The van der Waals surface area contributed by atoms with E-state index in [1.807, 2.05) is 6.07 Å². The van der Waals surface area contributed by atoms with E-state index in [0.29, 0.717) is 0 Å². The highest BCUT2D eigenvalue weighted by atomic mass is 16.4. The van der Waals surface area contributed by atoms with Gasteiger partial charge in [-0.3, -0.25) is 9.69 Å². The van der Waals surface area contributed by atoms with Crippen LogP contribution in [0, 0.1) is 12.8 Å². The van der Waals surface area contributed by atoms with Crippen LogP contribution in [0.3, 0.4) is 0 Å². The minimum absolute atomic E-state index is 0.194. The number of hydrogen-bond donors (Lipinski definition) is 1. The summed E-state index contributed by atoms with van der Waals surface area (Å²) in [6.07, 6.45) is 1.45. The molecule has 0 spiro atoms. The molecule has 0 aliphatic carbocycles. The quantitative estimate of drug-likeness (QED) is 0.931. The van der Waals surface area contributed by atoms with Gasteiger partial charge in [0.15, 0.2) is 0 Å². The monoisotopic (exact) mass is 309 g/mol. The lowest BCUT2D eigenvalue weighted by atomic mass is 9.91. The van der Waals surface area contributed by atoms with Crippen molar-refractivity contribution >= 4 is 5.97 Å². The Morgan fingerprint density at radius 1 is 1.04 bits per heavy atom. The molecule has 0 bridgehead atoms. The van der Waals surface area contributed by atoms with Crippen LogP contribution in [0.4, 0.5) is 0 Å². The molecule has 1 heterocycles. The van der Waals surface area contributed by atoms with Crippen LogP contribution in [0.25, 0.3) is 0 Å². The summed E-state index contributed by atoms with van der Waals surface area (Å²) in [6.45, 7) is 3.76. The summed E-state index contributed by atoms with van der Waals surface area (Å²) < 4.78 is 0. The van der Waals surface area contributed by atoms with Gasteiger partial charge in [0, 0.05) is 0 Å². The van der Waals surface area contributed by atoms with Gasteiger partial charge in [0.25, 0.3) is 0 Å². The second-order valence-corrected chi connectivity index (χ2v) is 6.38. The van der Waals surface area contributed by atoms with E-state index >= 15 is 0 Å². The summed E-state index contributed by atoms with van der Waals surface area (Å²) in [5.74, 6) is -0.850. The second kappa shape index (κ2) is 6.97. The topological polar surface area (TPSA) is 40.5 Å². The zero-order valence-electron chi connectivity index (χ0n) is 13.5. The van der Waals surface area contributed by atoms with E-state index in [0.717, 1.165) is 25.9 Å². The molecular formula is C20H23NO2. The minimum atomic E-state index is -0.656. The van der Waals surface area contributed by atoms with Crippen molar-refractivity contribution < 1.29 is 9.90 Å². The maximum atomic E-state index is 11.2. The molecule has 1 aliphatic rings. The average Bonchev–Trinajstić information content (AvgIpc) is 2.57. The Morgan fingerprint density at radius 2 is 1.70 bits per heavy atom. The first-order valence-corrected chi connectivity index (χ1v) is 8.23. The Morgan fingerprint density at radius 3 is 2.30 bits per heavy atom. The van der Waals surface area contributed by atoms with Crippen molar-refractivity contribution in [2.75, 3.05) is 13.1 Å². The lowest BCUT2D eigenvalue weighted by Gasteiger charge is -2.37. The Hall–Kier alpha value is -2.13. The summed E-state index contributed by atoms with van der Waals surface area (Å²) in [4.78, 5) is 13.6. The lowest BCUT2D eigenvalue weighted by molar-refractivity contribution is -0.143. The summed E-state index contributed by atoms with van der Waals surface area (Å²) in [5, 5.41) is 9.22. The zero-order valence-corrected chi connectivity index (χ0v) is 13.5. The van der Waals surface area contributed by atoms with E-state index in [2.05, 4.69) is 60.4 Å². The van der Waals surface area contributed by atoms with E-state index in [4.69, 9.17) is 0 Å². The molecule has 3 nitrogen and oxygen atoms in total. The average molecular weight is 309 g/mol. The van der Waals surface area contributed by atoms with Crippen molar-refractivity contribution in [1.82, 2.24) is 4.90 Å². The number of piperidine rings is 1. The second-order valence-electron chi connectivity index (χ2n) is 6.38. The maximum Gasteiger partial charge on any atom is 0.306 e. The third kappa shape index (κ3) is 3.62. The molecule has 1 saturated heterocycles. The molecular weight excluding hydrogens is 286 g/mol. The van der Waals surface area contributed by atoms with Gasteiger partial charge < -0.3 is 5.11 Å². The van der Waals surface area contributed by atoms with Crippen molar-refractivity contribution in [2.24, 2.45) is 5.92 Å². The normalized spacial score (nSPS) is 17.8. The first-order chi connectivity index (χ1) is 11.1. The molecule has 0 aromatic heterocycles. The number of benzene rings is 2. The van der Waals surface area contributed by atoms with Gasteiger partial charge in [-0.1, -0.05) is 60.2 Å². The molecule has 0 amide bonds. The first kappa shape index (κ1) is 15.8. The molecule has 120 valence electrons. The van der Waals surface area contributed by atoms with Crippen LogP contribution in [0.2, 0.25) is 0 Å². The Balaban J connectivity index is 1.89. The molecule has 2 aromatic carbocycles. The summed E-state index contributed by atoms with van der Waals surface area (Å²) in [6, 6.07) is 19.3. The van der Waals surface area contributed by atoms with Gasteiger partial charge in [0.2, 0.25) is 0 Å². The third-order valence-corrected chi connectivity index (χ3v) is 4.72. The summed E-state index contributed by atoms with van der Waals surface area (Å²) in [7, 11) is 0. The van der Waals surface area contributed by atoms with Crippen LogP contribution in [-0.2, 0) is 4.79 Å². The molecule has 23 heavy (non-hydrogen) atoms. The molecule has 1 fully saturated rings. The van der Waals surface area contributed by atoms with Gasteiger partial charge in [0.1, 0.15) is 0 Å². The number of likely N-dealkylation sites (tertiary alicyclic amines) is 1. The Bertz CT molecular complexity index is 660. The fourth-order valence-electron chi connectivity index (χ4n) is 3.49. The molecule has 0 saturated carbocycles. The Kier molecular flexibility index (Phi) is 4.77. The molecule has 0 radical (unpaired) electrons. The van der Waals surface area contributed by atoms with Crippen LogP contribution >= 0.6 is 0 Å². The van der Waals surface area contributed by atoms with E-state index in [-0.39, 0.29) is 12.0 Å². The number of carbonyl (C=O) groups is 1. The maximum absolute atomic E-state index is 11.2. The van der Waals surface area contributed by atoms with Crippen LogP contribution in [0.1, 0.15) is 35.6 Å². The largest absolute Gasteiger partial charge is 0.481 e. The minimum Gasteiger partial charge on any atom is -0.481 e. The van der Waals surface area contributed by atoms with E-state index in [1.165, 1.54) is 16.7 Å². The number of hydrogen-bond acceptors (Lipinski definition) is 2. The third-order valence-electron chi connectivity index (χ3n) is 4.72. The van der Waals surface area contributed by atoms with Gasteiger partial charge >= 0.3 is 5.97 Å². The van der Waals surface area contributed by atoms with Gasteiger partial charge in [-0.25, -0.2) is 0 Å². The highest BCUT2D eigenvalue weighted by Gasteiger charge is 2.30. The summed E-state index contributed by atoms with van der Waals surface area (Å²) in [5.41, 5.74) is 3.81. The highest BCUT2D eigenvalue weighted by molar-refractivity contribution is 5.70. The van der Waals surface area contributed by atoms with E-state index in [1.54, 1.807) is 0 Å². The molecule has 3 rings (SSSR count). The van der Waals surface area contributed by atoms with Crippen LogP contribution < -0.4 is 0 Å². The first-order valence-electron chi connectivity index (χ1n) is 8.23. The Labute approximate surface area is 137 Å². The number of aliphatic carboxylic acids is 1. The number of nitrogens with zero attached hydrogens (tertiary/aromatic N) is 1. The number of aryl methyl sites for hydroxylation is 1. The predicted octanol–water partition coefficient (Wildman–Crippen LogP) is 3.88. The van der Waals surface area contributed by atoms with Gasteiger partial charge in [-0.15, -0.1) is 0 Å². The van der Waals surface area contributed by atoms with Crippen molar-refractivity contribution in [3.63, 3.8) is 0 Å². The fraction of sp³-hybridized carbons (Fsp3) is 0.350. The van der Waals surface area contributed by atoms with Crippen LogP contribution in [0.15, 0.2) is 54.6 Å².